The quantitative estimate of drug-likeness (QED) is 0.338. The lowest BCUT2D eigenvalue weighted by Gasteiger charge is -2.23. The number of pyridine rings is 2. The maximum atomic E-state index is 6.81. The van der Waals surface area contributed by atoms with Crippen molar-refractivity contribution in [3.05, 3.63) is 66.2 Å². The van der Waals surface area contributed by atoms with Crippen LogP contribution in [0.25, 0.3) is 44.5 Å². The highest BCUT2D eigenvalue weighted by Gasteiger charge is 2.23. The first kappa shape index (κ1) is 20.1. The summed E-state index contributed by atoms with van der Waals surface area (Å²) in [6, 6.07) is 14.2. The van der Waals surface area contributed by atoms with Gasteiger partial charge in [-0.15, -0.1) is 0 Å². The van der Waals surface area contributed by atoms with Gasteiger partial charge in [0.1, 0.15) is 17.8 Å². The van der Waals surface area contributed by atoms with Gasteiger partial charge in [0.25, 0.3) is 0 Å². The normalized spacial score (nSPS) is 14.8. The molecule has 0 atom stereocenters. The van der Waals surface area contributed by atoms with Gasteiger partial charge in [-0.1, -0.05) is 43.0 Å². The Morgan fingerprint density at radius 2 is 1.79 bits per heavy atom. The first-order valence-corrected chi connectivity index (χ1v) is 11.7. The second kappa shape index (κ2) is 8.12. The molecule has 1 aromatic carbocycles. The van der Waals surface area contributed by atoms with E-state index in [4.69, 9.17) is 22.3 Å². The fourth-order valence-electron chi connectivity index (χ4n) is 4.96. The second-order valence-electron chi connectivity index (χ2n) is 8.64. The van der Waals surface area contributed by atoms with Crippen LogP contribution in [0, 0.1) is 0 Å². The van der Waals surface area contributed by atoms with Crippen molar-refractivity contribution in [2.75, 3.05) is 5.73 Å². The minimum atomic E-state index is 0.414. The molecule has 6 rings (SSSR count). The molecule has 0 aliphatic heterocycles. The largest absolute Gasteiger partial charge is 0.383 e. The van der Waals surface area contributed by atoms with E-state index in [2.05, 4.69) is 25.7 Å². The fourth-order valence-corrected chi connectivity index (χ4v) is 5.23. The summed E-state index contributed by atoms with van der Waals surface area (Å²) in [4.78, 5) is 18.2. The molecule has 1 aliphatic rings. The molecular formula is C26H23ClN6. The number of benzene rings is 1. The van der Waals surface area contributed by atoms with Crippen molar-refractivity contribution in [2.45, 2.75) is 38.1 Å². The lowest BCUT2D eigenvalue weighted by atomic mass is 9.95. The Bertz CT molecular complexity index is 1470. The number of rotatable bonds is 3. The third kappa shape index (κ3) is 3.51. The molecule has 2 N–H and O–H groups in total. The van der Waals surface area contributed by atoms with Gasteiger partial charge in [0.2, 0.25) is 0 Å². The van der Waals surface area contributed by atoms with E-state index in [1.165, 1.54) is 19.3 Å². The van der Waals surface area contributed by atoms with E-state index in [9.17, 15) is 0 Å². The lowest BCUT2D eigenvalue weighted by molar-refractivity contribution is 0.360. The van der Waals surface area contributed by atoms with Crippen molar-refractivity contribution < 1.29 is 0 Å². The summed E-state index contributed by atoms with van der Waals surface area (Å²) < 4.78 is 2.28. The third-order valence-electron chi connectivity index (χ3n) is 6.60. The lowest BCUT2D eigenvalue weighted by Crippen LogP contribution is -2.12. The summed E-state index contributed by atoms with van der Waals surface area (Å²) in [6.45, 7) is 0. The zero-order valence-corrected chi connectivity index (χ0v) is 18.8. The van der Waals surface area contributed by atoms with Gasteiger partial charge in [-0.05, 0) is 43.2 Å². The van der Waals surface area contributed by atoms with Crippen LogP contribution in [0.3, 0.4) is 0 Å². The Morgan fingerprint density at radius 1 is 0.909 bits per heavy atom. The van der Waals surface area contributed by atoms with Gasteiger partial charge in [0.15, 0.2) is 0 Å². The predicted octanol–water partition coefficient (Wildman–Crippen LogP) is 6.45. The first-order valence-electron chi connectivity index (χ1n) is 11.3. The molecule has 0 radical (unpaired) electrons. The first-order chi connectivity index (χ1) is 16.2. The minimum absolute atomic E-state index is 0.414. The number of anilines is 1. The summed E-state index contributed by atoms with van der Waals surface area (Å²) in [5.41, 5.74) is 11.6. The number of nitrogen functional groups attached to an aromatic ring is 1. The molecule has 0 saturated heterocycles. The Kier molecular flexibility index (Phi) is 4.95. The van der Waals surface area contributed by atoms with Crippen molar-refractivity contribution in [1.29, 1.82) is 0 Å². The zero-order chi connectivity index (χ0) is 22.4. The summed E-state index contributed by atoms with van der Waals surface area (Å²) in [5.74, 6) is 0.468. The van der Waals surface area contributed by atoms with E-state index in [0.717, 1.165) is 57.3 Å². The van der Waals surface area contributed by atoms with E-state index in [1.54, 1.807) is 12.5 Å². The molecule has 0 amide bonds. The Hall–Kier alpha value is -3.51. The van der Waals surface area contributed by atoms with Crippen LogP contribution in [0.1, 0.15) is 38.1 Å². The standard InChI is InChI=1S/C26H23ClN6/c27-20-12-16-9-10-22(21-8-4-5-11-29-21)32-23(16)13-18(20)19-14-33(17-6-2-1-3-7-17)26-24(19)25(28)30-15-31-26/h4-5,8-15,17H,1-3,6-7H2,(H2,28,30,31). The Balaban J connectivity index is 1.55. The topological polar surface area (TPSA) is 82.5 Å². The average Bonchev–Trinajstić information content (AvgIpc) is 3.25. The number of halogens is 1. The van der Waals surface area contributed by atoms with Crippen LogP contribution in [0.15, 0.2) is 61.2 Å². The van der Waals surface area contributed by atoms with E-state index in [0.29, 0.717) is 16.9 Å². The minimum Gasteiger partial charge on any atom is -0.383 e. The van der Waals surface area contributed by atoms with Crippen LogP contribution < -0.4 is 5.73 Å². The van der Waals surface area contributed by atoms with Crippen LogP contribution in [-0.2, 0) is 0 Å². The molecule has 164 valence electrons. The van der Waals surface area contributed by atoms with Gasteiger partial charge < -0.3 is 10.3 Å². The monoisotopic (exact) mass is 454 g/mol. The third-order valence-corrected chi connectivity index (χ3v) is 6.91. The maximum Gasteiger partial charge on any atom is 0.146 e. The van der Waals surface area contributed by atoms with Gasteiger partial charge in [-0.3, -0.25) is 4.98 Å². The van der Waals surface area contributed by atoms with E-state index >= 15 is 0 Å². The van der Waals surface area contributed by atoms with Crippen LogP contribution in [-0.4, -0.2) is 24.5 Å². The summed E-state index contributed by atoms with van der Waals surface area (Å²) >= 11 is 6.81. The number of nitrogens with two attached hydrogens (primary N) is 1. The second-order valence-corrected chi connectivity index (χ2v) is 9.04. The van der Waals surface area contributed by atoms with Gasteiger partial charge in [0, 0.05) is 40.0 Å². The SMILES string of the molecule is Nc1ncnc2c1c(-c1cc3nc(-c4ccccn4)ccc3cc1Cl)cn2C1CCCCC1. The summed E-state index contributed by atoms with van der Waals surface area (Å²) in [5, 5.41) is 2.48. The van der Waals surface area contributed by atoms with Crippen molar-refractivity contribution in [1.82, 2.24) is 24.5 Å². The van der Waals surface area contributed by atoms with Crippen molar-refractivity contribution >= 4 is 39.4 Å². The molecule has 5 aromatic rings. The fraction of sp³-hybridized carbons (Fsp3) is 0.231. The average molecular weight is 455 g/mol. The number of hydrogen-bond donors (Lipinski definition) is 1. The van der Waals surface area contributed by atoms with Crippen LogP contribution in [0.5, 0.6) is 0 Å². The highest BCUT2D eigenvalue weighted by atomic mass is 35.5. The maximum absolute atomic E-state index is 6.81. The number of fused-ring (bicyclic) bond motifs is 2. The molecule has 0 unspecified atom stereocenters. The molecule has 1 saturated carbocycles. The molecule has 0 spiro atoms. The molecule has 1 fully saturated rings. The zero-order valence-electron chi connectivity index (χ0n) is 18.1. The Labute approximate surface area is 196 Å². The summed E-state index contributed by atoms with van der Waals surface area (Å²) in [6.07, 6.45) is 11.5. The number of aromatic nitrogens is 5. The molecule has 0 bridgehead atoms. The number of nitrogens with zero attached hydrogens (tertiary/aromatic N) is 5. The van der Waals surface area contributed by atoms with Crippen LogP contribution in [0.2, 0.25) is 5.02 Å². The van der Waals surface area contributed by atoms with E-state index in [-0.39, 0.29) is 0 Å². The molecule has 4 aromatic heterocycles. The van der Waals surface area contributed by atoms with Crippen LogP contribution in [0.4, 0.5) is 5.82 Å². The highest BCUT2D eigenvalue weighted by molar-refractivity contribution is 6.34. The van der Waals surface area contributed by atoms with E-state index < -0.39 is 0 Å². The molecule has 4 heterocycles. The van der Waals surface area contributed by atoms with Crippen molar-refractivity contribution in [3.63, 3.8) is 0 Å². The van der Waals surface area contributed by atoms with Gasteiger partial charge in [-0.2, -0.15) is 0 Å². The van der Waals surface area contributed by atoms with Crippen molar-refractivity contribution in [3.8, 4) is 22.5 Å². The highest BCUT2D eigenvalue weighted by Crippen LogP contribution is 2.41. The Morgan fingerprint density at radius 3 is 2.61 bits per heavy atom. The van der Waals surface area contributed by atoms with Gasteiger partial charge in [0.05, 0.1) is 22.3 Å². The smallest absolute Gasteiger partial charge is 0.146 e. The van der Waals surface area contributed by atoms with Crippen LogP contribution >= 0.6 is 11.6 Å². The molecule has 1 aliphatic carbocycles. The van der Waals surface area contributed by atoms with Gasteiger partial charge in [-0.25, -0.2) is 15.0 Å². The molecule has 7 heteroatoms. The van der Waals surface area contributed by atoms with Crippen molar-refractivity contribution in [2.24, 2.45) is 0 Å². The van der Waals surface area contributed by atoms with E-state index in [1.807, 2.05) is 42.5 Å². The number of hydrogen-bond acceptors (Lipinski definition) is 5. The molecule has 6 nitrogen and oxygen atoms in total. The molecule has 33 heavy (non-hydrogen) atoms. The predicted molar refractivity (Wildman–Crippen MR) is 133 cm³/mol. The molecular weight excluding hydrogens is 432 g/mol. The van der Waals surface area contributed by atoms with Gasteiger partial charge >= 0.3 is 0 Å². The summed E-state index contributed by atoms with van der Waals surface area (Å²) in [7, 11) is 0.